The Labute approximate surface area is 147 Å². The van der Waals surface area contributed by atoms with Crippen LogP contribution in [0.4, 0.5) is 0 Å². The van der Waals surface area contributed by atoms with E-state index in [2.05, 4.69) is 17.0 Å². The lowest BCUT2D eigenvalue weighted by Gasteiger charge is -2.05. The van der Waals surface area contributed by atoms with Crippen molar-refractivity contribution in [3.05, 3.63) is 45.9 Å². The summed E-state index contributed by atoms with van der Waals surface area (Å²) in [6.45, 7) is 5.76. The monoisotopic (exact) mass is 373 g/mol. The van der Waals surface area contributed by atoms with Crippen LogP contribution in [-0.4, -0.2) is 38.4 Å². The van der Waals surface area contributed by atoms with Gasteiger partial charge in [0.05, 0.1) is 9.77 Å². The van der Waals surface area contributed by atoms with Gasteiger partial charge in [-0.1, -0.05) is 29.0 Å². The first kappa shape index (κ1) is 20.7. The third-order valence-electron chi connectivity index (χ3n) is 3.34. The summed E-state index contributed by atoms with van der Waals surface area (Å²) in [6, 6.07) is 5.78. The Hall–Kier alpha value is -1.32. The van der Waals surface area contributed by atoms with E-state index in [1.165, 1.54) is 22.7 Å². The second kappa shape index (κ2) is 9.85. The van der Waals surface area contributed by atoms with Crippen molar-refractivity contribution in [3.63, 3.8) is 0 Å². The zero-order chi connectivity index (χ0) is 18.2. The Balaban J connectivity index is 0.000000243. The third-order valence-corrected chi connectivity index (χ3v) is 5.33. The molecule has 1 N–H and O–H groups in total. The summed E-state index contributed by atoms with van der Waals surface area (Å²) < 4.78 is 38.3. The minimum atomic E-state index is -4.27. The predicted molar refractivity (Wildman–Crippen MR) is 91.1 cm³/mol. The minimum absolute atomic E-state index is 0.178. The number of aromatic nitrogens is 1. The number of hydrogen-bond donors (Lipinski definition) is 1. The van der Waals surface area contributed by atoms with E-state index in [4.69, 9.17) is 9.84 Å². The van der Waals surface area contributed by atoms with Gasteiger partial charge in [-0.25, -0.2) is 8.42 Å². The fraction of sp³-hybridized carbons (Fsp3) is 0.438. The number of methoxy groups -OCH3 is 1. The Morgan fingerprint density at radius 1 is 1.25 bits per heavy atom. The number of hydrogen-bond acceptors (Lipinski definition) is 6. The van der Waals surface area contributed by atoms with Crippen molar-refractivity contribution in [1.82, 2.24) is 0 Å². The minimum Gasteiger partial charge on any atom is -0.744 e. The van der Waals surface area contributed by atoms with E-state index in [-0.39, 0.29) is 11.5 Å². The summed E-state index contributed by atoms with van der Waals surface area (Å²) in [5, 5.41) is 8.80. The lowest BCUT2D eigenvalue weighted by atomic mass is 10.2. The van der Waals surface area contributed by atoms with Gasteiger partial charge >= 0.3 is 0 Å². The summed E-state index contributed by atoms with van der Waals surface area (Å²) in [4.78, 5) is 1.08. The molecule has 0 aliphatic rings. The number of ether oxygens (including phenoxy) is 1. The van der Waals surface area contributed by atoms with Crippen molar-refractivity contribution in [2.24, 2.45) is 0 Å². The number of benzene rings is 1. The summed E-state index contributed by atoms with van der Waals surface area (Å²) in [5.41, 5.74) is 4.26. The van der Waals surface area contributed by atoms with E-state index < -0.39 is 10.1 Å². The van der Waals surface area contributed by atoms with Crippen LogP contribution in [0.25, 0.3) is 0 Å². The van der Waals surface area contributed by atoms with Crippen molar-refractivity contribution < 1.29 is 27.4 Å². The Kier molecular flexibility index (Phi) is 8.51. The van der Waals surface area contributed by atoms with E-state index in [0.717, 1.165) is 25.1 Å². The van der Waals surface area contributed by atoms with Crippen molar-refractivity contribution in [2.75, 3.05) is 20.3 Å². The molecule has 0 spiro atoms. The molecule has 24 heavy (non-hydrogen) atoms. The lowest BCUT2D eigenvalue weighted by Crippen LogP contribution is -2.36. The van der Waals surface area contributed by atoms with Gasteiger partial charge < -0.3 is 14.4 Å². The van der Waals surface area contributed by atoms with Crippen molar-refractivity contribution in [1.29, 1.82) is 0 Å². The van der Waals surface area contributed by atoms with Crippen LogP contribution in [0.1, 0.15) is 16.1 Å². The average Bonchev–Trinajstić information content (AvgIpc) is 2.86. The average molecular weight is 373 g/mol. The van der Waals surface area contributed by atoms with Crippen LogP contribution >= 0.6 is 11.3 Å². The van der Waals surface area contributed by atoms with Crippen LogP contribution in [0.3, 0.4) is 0 Å². The molecule has 1 aromatic carbocycles. The van der Waals surface area contributed by atoms with E-state index >= 15 is 0 Å². The molecule has 0 bridgehead atoms. The Bertz CT molecular complexity index is 723. The quantitative estimate of drug-likeness (QED) is 0.611. The lowest BCUT2D eigenvalue weighted by molar-refractivity contribution is -0.699. The molecular weight excluding hydrogens is 350 g/mol. The van der Waals surface area contributed by atoms with Gasteiger partial charge in [0.2, 0.25) is 5.51 Å². The predicted octanol–water partition coefficient (Wildman–Crippen LogP) is 1.42. The summed E-state index contributed by atoms with van der Waals surface area (Å²) in [5.74, 6) is 0. The van der Waals surface area contributed by atoms with Crippen molar-refractivity contribution >= 4 is 21.5 Å². The normalized spacial score (nSPS) is 11.0. The number of rotatable bonds is 6. The summed E-state index contributed by atoms with van der Waals surface area (Å²) >= 11 is 1.70. The maximum Gasteiger partial charge on any atom is 0.225 e. The zero-order valence-electron chi connectivity index (χ0n) is 14.1. The highest BCUT2D eigenvalue weighted by atomic mass is 32.2. The Morgan fingerprint density at radius 3 is 2.38 bits per heavy atom. The second-order valence-corrected chi connectivity index (χ2v) is 7.48. The second-order valence-electron chi connectivity index (χ2n) is 5.16. The van der Waals surface area contributed by atoms with Gasteiger partial charge in [0.15, 0.2) is 12.2 Å². The van der Waals surface area contributed by atoms with Gasteiger partial charge in [0.1, 0.15) is 16.7 Å². The molecule has 0 fully saturated rings. The molecule has 0 saturated heterocycles. The maximum atomic E-state index is 10.4. The van der Waals surface area contributed by atoms with Crippen LogP contribution in [0.2, 0.25) is 0 Å². The molecule has 1 aromatic heterocycles. The van der Waals surface area contributed by atoms with E-state index in [1.807, 2.05) is 6.92 Å². The van der Waals surface area contributed by atoms with Crippen molar-refractivity contribution in [3.8, 4) is 0 Å². The summed E-state index contributed by atoms with van der Waals surface area (Å²) in [7, 11) is -2.56. The topological polar surface area (TPSA) is 90.5 Å². The van der Waals surface area contributed by atoms with Crippen LogP contribution in [0.5, 0.6) is 0 Å². The molecule has 0 unspecified atom stereocenters. The molecule has 0 radical (unpaired) electrons. The first-order valence-electron chi connectivity index (χ1n) is 7.38. The molecule has 0 saturated carbocycles. The largest absolute Gasteiger partial charge is 0.744 e. The SMILES string of the molecule is COCC[n+]1csc(CCO)c1C.Cc1ccc(S(=O)(=O)[O-])cc1. The van der Waals surface area contributed by atoms with Gasteiger partial charge in [0, 0.05) is 27.1 Å². The zero-order valence-corrected chi connectivity index (χ0v) is 15.7. The van der Waals surface area contributed by atoms with Gasteiger partial charge in [-0.05, 0) is 19.1 Å². The number of thiazole rings is 1. The number of aryl methyl sites for hydroxylation is 1. The number of aliphatic hydroxyl groups excluding tert-OH is 1. The molecule has 0 amide bonds. The first-order chi connectivity index (χ1) is 11.3. The van der Waals surface area contributed by atoms with Crippen LogP contribution in [-0.2, 0) is 27.8 Å². The number of nitrogens with zero attached hydrogens (tertiary/aromatic N) is 1. The molecule has 2 rings (SSSR count). The molecule has 6 nitrogen and oxygen atoms in total. The van der Waals surface area contributed by atoms with E-state index in [9.17, 15) is 13.0 Å². The Morgan fingerprint density at radius 2 is 1.88 bits per heavy atom. The highest BCUT2D eigenvalue weighted by Crippen LogP contribution is 2.11. The highest BCUT2D eigenvalue weighted by Gasteiger charge is 2.13. The van der Waals surface area contributed by atoms with Crippen molar-refractivity contribution in [2.45, 2.75) is 31.7 Å². The van der Waals surface area contributed by atoms with E-state index in [0.29, 0.717) is 0 Å². The molecule has 2 aromatic rings. The standard InChI is InChI=1S/C9H16NO2S.C7H8O3S/c1-8-9(3-5-11)13-7-10(8)4-6-12-2;1-6-2-4-7(5-3-6)11(8,9)10/h7,11H,3-6H2,1-2H3;2-5H,1H3,(H,8,9,10)/q+1;/p-1. The van der Waals surface area contributed by atoms with Gasteiger partial charge in [-0.2, -0.15) is 4.57 Å². The molecule has 0 atom stereocenters. The van der Waals surface area contributed by atoms with Gasteiger partial charge in [-0.3, -0.25) is 0 Å². The molecular formula is C16H23NO5S2. The van der Waals surface area contributed by atoms with Gasteiger partial charge in [0.25, 0.3) is 0 Å². The summed E-state index contributed by atoms with van der Waals surface area (Å²) in [6.07, 6.45) is 0.760. The van der Waals surface area contributed by atoms with Gasteiger partial charge in [-0.15, -0.1) is 0 Å². The third kappa shape index (κ3) is 6.66. The van der Waals surface area contributed by atoms with Crippen LogP contribution in [0.15, 0.2) is 34.7 Å². The first-order valence-corrected chi connectivity index (χ1v) is 9.67. The molecule has 0 aliphatic heterocycles. The fourth-order valence-electron chi connectivity index (χ4n) is 1.91. The molecule has 0 aliphatic carbocycles. The highest BCUT2D eigenvalue weighted by molar-refractivity contribution is 7.85. The van der Waals surface area contributed by atoms with Crippen LogP contribution < -0.4 is 4.57 Å². The van der Waals surface area contributed by atoms with E-state index in [1.54, 1.807) is 30.6 Å². The molecule has 1 heterocycles. The molecule has 134 valence electrons. The maximum absolute atomic E-state index is 10.4. The number of aliphatic hydroxyl groups is 1. The molecule has 8 heteroatoms. The fourth-order valence-corrected chi connectivity index (χ4v) is 3.39. The smallest absolute Gasteiger partial charge is 0.225 e. The van der Waals surface area contributed by atoms with Crippen LogP contribution in [0, 0.1) is 13.8 Å².